The molecule has 0 unspecified atom stereocenters. The van der Waals surface area contributed by atoms with Gasteiger partial charge in [-0.2, -0.15) is 5.10 Å². The van der Waals surface area contributed by atoms with Gasteiger partial charge in [0.05, 0.1) is 11.4 Å². The summed E-state index contributed by atoms with van der Waals surface area (Å²) in [5.41, 5.74) is 3.94. The average Bonchev–Trinajstić information content (AvgIpc) is 2.58. The predicted molar refractivity (Wildman–Crippen MR) is 99.5 cm³/mol. The Hall–Kier alpha value is -2.40. The van der Waals surface area contributed by atoms with Gasteiger partial charge in [0.1, 0.15) is 5.03 Å². The molecular formula is C19H19N3OS. The third-order valence-electron chi connectivity index (χ3n) is 3.85. The number of anilines is 1. The topological polar surface area (TPSA) is 54.9 Å². The van der Waals surface area contributed by atoms with Crippen molar-refractivity contribution < 1.29 is 4.79 Å². The zero-order valence-corrected chi connectivity index (χ0v) is 14.8. The quantitative estimate of drug-likeness (QED) is 0.722. The highest BCUT2D eigenvalue weighted by atomic mass is 32.2. The first-order valence-electron chi connectivity index (χ1n) is 7.76. The second-order valence-corrected chi connectivity index (χ2v) is 6.76. The number of benzene rings is 2. The molecule has 0 aliphatic carbocycles. The SMILES string of the molecule is Cc1ccc(C)c(NC(=O)CSc2nnc(C)c3ccccc23)c1. The smallest absolute Gasteiger partial charge is 0.234 e. The van der Waals surface area contributed by atoms with Crippen LogP contribution in [0.15, 0.2) is 47.5 Å². The zero-order valence-electron chi connectivity index (χ0n) is 14.0. The van der Waals surface area contributed by atoms with Crippen LogP contribution in [-0.2, 0) is 4.79 Å². The Kier molecular flexibility index (Phi) is 4.81. The van der Waals surface area contributed by atoms with Gasteiger partial charge in [0, 0.05) is 16.5 Å². The molecule has 5 heteroatoms. The lowest BCUT2D eigenvalue weighted by Gasteiger charge is -2.10. The van der Waals surface area contributed by atoms with E-state index in [1.165, 1.54) is 11.8 Å². The normalized spacial score (nSPS) is 10.8. The van der Waals surface area contributed by atoms with Crippen molar-refractivity contribution in [1.29, 1.82) is 0 Å². The Bertz CT molecular complexity index is 908. The molecule has 4 nitrogen and oxygen atoms in total. The average molecular weight is 337 g/mol. The molecule has 3 aromatic rings. The van der Waals surface area contributed by atoms with Gasteiger partial charge in [0.15, 0.2) is 0 Å². The number of amides is 1. The van der Waals surface area contributed by atoms with Gasteiger partial charge < -0.3 is 5.32 Å². The number of fused-ring (bicyclic) bond motifs is 1. The molecule has 0 spiro atoms. The van der Waals surface area contributed by atoms with Gasteiger partial charge in [0.2, 0.25) is 5.91 Å². The van der Waals surface area contributed by atoms with Gasteiger partial charge in [-0.05, 0) is 38.0 Å². The van der Waals surface area contributed by atoms with E-state index in [0.717, 1.165) is 38.3 Å². The monoisotopic (exact) mass is 337 g/mol. The number of nitrogens with one attached hydrogen (secondary N) is 1. The molecule has 1 heterocycles. The lowest BCUT2D eigenvalue weighted by molar-refractivity contribution is -0.113. The van der Waals surface area contributed by atoms with E-state index < -0.39 is 0 Å². The first kappa shape index (κ1) is 16.5. The molecule has 2 aromatic carbocycles. The van der Waals surface area contributed by atoms with Gasteiger partial charge in [-0.3, -0.25) is 4.79 Å². The molecule has 3 rings (SSSR count). The molecule has 0 saturated heterocycles. The molecule has 24 heavy (non-hydrogen) atoms. The number of carbonyl (C=O) groups is 1. The zero-order chi connectivity index (χ0) is 17.1. The van der Waals surface area contributed by atoms with E-state index in [2.05, 4.69) is 15.5 Å². The summed E-state index contributed by atoms with van der Waals surface area (Å²) < 4.78 is 0. The molecule has 0 fully saturated rings. The summed E-state index contributed by atoms with van der Waals surface area (Å²) in [6.45, 7) is 5.94. The van der Waals surface area contributed by atoms with Crippen LogP contribution in [0.1, 0.15) is 16.8 Å². The maximum absolute atomic E-state index is 12.3. The van der Waals surface area contributed by atoms with Crippen LogP contribution in [0.5, 0.6) is 0 Å². The summed E-state index contributed by atoms with van der Waals surface area (Å²) in [6.07, 6.45) is 0. The van der Waals surface area contributed by atoms with Crippen molar-refractivity contribution in [3.05, 3.63) is 59.3 Å². The minimum absolute atomic E-state index is 0.0415. The molecule has 0 bridgehead atoms. The number of aryl methyl sites for hydroxylation is 3. The lowest BCUT2D eigenvalue weighted by Crippen LogP contribution is -2.15. The Morgan fingerprint density at radius 3 is 2.58 bits per heavy atom. The fourth-order valence-electron chi connectivity index (χ4n) is 2.51. The summed E-state index contributed by atoms with van der Waals surface area (Å²) in [5.74, 6) is 0.259. The van der Waals surface area contributed by atoms with Crippen LogP contribution in [0.2, 0.25) is 0 Å². The fourth-order valence-corrected chi connectivity index (χ4v) is 3.28. The minimum atomic E-state index is -0.0415. The maximum atomic E-state index is 12.3. The van der Waals surface area contributed by atoms with Crippen LogP contribution in [0.25, 0.3) is 10.8 Å². The van der Waals surface area contributed by atoms with Crippen LogP contribution in [0.4, 0.5) is 5.69 Å². The largest absolute Gasteiger partial charge is 0.325 e. The molecule has 0 saturated carbocycles. The summed E-state index contributed by atoms with van der Waals surface area (Å²) in [7, 11) is 0. The maximum Gasteiger partial charge on any atom is 0.234 e. The van der Waals surface area contributed by atoms with E-state index in [1.54, 1.807) is 0 Å². The molecule has 0 aliphatic rings. The molecule has 1 N–H and O–H groups in total. The van der Waals surface area contributed by atoms with Crippen LogP contribution >= 0.6 is 11.8 Å². The van der Waals surface area contributed by atoms with Crippen molar-refractivity contribution in [2.45, 2.75) is 25.8 Å². The van der Waals surface area contributed by atoms with Crippen molar-refractivity contribution in [2.75, 3.05) is 11.1 Å². The number of aromatic nitrogens is 2. The van der Waals surface area contributed by atoms with Crippen LogP contribution < -0.4 is 5.32 Å². The van der Waals surface area contributed by atoms with Crippen molar-refractivity contribution >= 4 is 34.1 Å². The van der Waals surface area contributed by atoms with Crippen molar-refractivity contribution in [3.63, 3.8) is 0 Å². The Morgan fingerprint density at radius 1 is 1.04 bits per heavy atom. The Balaban J connectivity index is 1.73. The van der Waals surface area contributed by atoms with E-state index in [9.17, 15) is 4.79 Å². The molecule has 0 radical (unpaired) electrons. The van der Waals surface area contributed by atoms with Gasteiger partial charge in [-0.25, -0.2) is 0 Å². The molecular weight excluding hydrogens is 318 g/mol. The van der Waals surface area contributed by atoms with Gasteiger partial charge in [-0.15, -0.1) is 5.10 Å². The molecule has 0 atom stereocenters. The standard InChI is InChI=1S/C19H19N3OS/c1-12-8-9-13(2)17(10-12)20-18(23)11-24-19-16-7-5-4-6-15(16)14(3)21-22-19/h4-10H,11H2,1-3H3,(H,20,23). The van der Waals surface area contributed by atoms with E-state index in [-0.39, 0.29) is 5.91 Å². The lowest BCUT2D eigenvalue weighted by atomic mass is 10.1. The first-order chi connectivity index (χ1) is 11.5. The second kappa shape index (κ2) is 7.01. The van der Waals surface area contributed by atoms with Gasteiger partial charge in [-0.1, -0.05) is 48.2 Å². The first-order valence-corrected chi connectivity index (χ1v) is 8.75. The number of hydrogen-bond donors (Lipinski definition) is 1. The number of rotatable bonds is 4. The third kappa shape index (κ3) is 3.57. The summed E-state index contributed by atoms with van der Waals surface area (Å²) in [5, 5.41) is 14.3. The van der Waals surface area contributed by atoms with Gasteiger partial charge >= 0.3 is 0 Å². The highest BCUT2D eigenvalue weighted by Gasteiger charge is 2.10. The summed E-state index contributed by atoms with van der Waals surface area (Å²) in [6, 6.07) is 14.0. The fraction of sp³-hybridized carbons (Fsp3) is 0.211. The van der Waals surface area contributed by atoms with Crippen LogP contribution in [0, 0.1) is 20.8 Å². The summed E-state index contributed by atoms with van der Waals surface area (Å²) in [4.78, 5) is 12.3. The van der Waals surface area contributed by atoms with E-state index in [0.29, 0.717) is 5.75 Å². The predicted octanol–water partition coefficient (Wildman–Crippen LogP) is 4.29. The minimum Gasteiger partial charge on any atom is -0.325 e. The van der Waals surface area contributed by atoms with Gasteiger partial charge in [0.25, 0.3) is 0 Å². The number of hydrogen-bond acceptors (Lipinski definition) is 4. The van der Waals surface area contributed by atoms with E-state index in [4.69, 9.17) is 0 Å². The number of thioether (sulfide) groups is 1. The van der Waals surface area contributed by atoms with Crippen molar-refractivity contribution in [2.24, 2.45) is 0 Å². The van der Waals surface area contributed by atoms with E-state index in [1.807, 2.05) is 63.2 Å². The van der Waals surface area contributed by atoms with E-state index >= 15 is 0 Å². The highest BCUT2D eigenvalue weighted by molar-refractivity contribution is 8.00. The number of nitrogens with zero attached hydrogens (tertiary/aromatic N) is 2. The van der Waals surface area contributed by atoms with Crippen LogP contribution in [-0.4, -0.2) is 21.9 Å². The molecule has 1 amide bonds. The highest BCUT2D eigenvalue weighted by Crippen LogP contribution is 2.26. The molecule has 0 aliphatic heterocycles. The molecule has 122 valence electrons. The number of carbonyl (C=O) groups excluding carboxylic acids is 1. The summed E-state index contributed by atoms with van der Waals surface area (Å²) >= 11 is 1.41. The second-order valence-electron chi connectivity index (χ2n) is 5.79. The third-order valence-corrected chi connectivity index (χ3v) is 4.83. The van der Waals surface area contributed by atoms with Crippen molar-refractivity contribution in [1.82, 2.24) is 10.2 Å². The Morgan fingerprint density at radius 2 is 1.79 bits per heavy atom. The Labute approximate surface area is 145 Å². The molecule has 1 aromatic heterocycles. The van der Waals surface area contributed by atoms with Crippen LogP contribution in [0.3, 0.4) is 0 Å². The van der Waals surface area contributed by atoms with Crippen molar-refractivity contribution in [3.8, 4) is 0 Å².